The summed E-state index contributed by atoms with van der Waals surface area (Å²) in [5.74, 6) is 2.10. The van der Waals surface area contributed by atoms with Crippen LogP contribution in [0.15, 0.2) is 23.8 Å². The molecule has 0 amide bonds. The first-order valence-corrected chi connectivity index (χ1v) is 13.4. The van der Waals surface area contributed by atoms with Crippen LogP contribution in [0.3, 0.4) is 0 Å². The summed E-state index contributed by atoms with van der Waals surface area (Å²) in [7, 11) is 0. The Labute approximate surface area is 193 Å². The Morgan fingerprint density at radius 2 is 1.61 bits per heavy atom. The second-order valence-corrected chi connectivity index (χ2v) is 13.7. The molecule has 31 heavy (non-hydrogen) atoms. The van der Waals surface area contributed by atoms with Crippen molar-refractivity contribution in [1.82, 2.24) is 0 Å². The maximum atomic E-state index is 7.31. The smallest absolute Gasteiger partial charge is 0.0795 e. The third-order valence-electron chi connectivity index (χ3n) is 10.8. The van der Waals surface area contributed by atoms with Gasteiger partial charge in [-0.2, -0.15) is 0 Å². The van der Waals surface area contributed by atoms with E-state index >= 15 is 0 Å². The van der Waals surface area contributed by atoms with E-state index in [4.69, 9.17) is 4.74 Å². The van der Waals surface area contributed by atoms with E-state index in [0.29, 0.717) is 28.1 Å². The van der Waals surface area contributed by atoms with Gasteiger partial charge in [0, 0.05) is 0 Å². The Bertz CT molecular complexity index is 727. The van der Waals surface area contributed by atoms with Gasteiger partial charge in [0.15, 0.2) is 0 Å². The molecule has 1 nitrogen and oxygen atoms in total. The van der Waals surface area contributed by atoms with Crippen molar-refractivity contribution in [2.75, 3.05) is 0 Å². The molecule has 4 rings (SSSR count). The Balaban J connectivity index is 1.63. The first kappa shape index (κ1) is 23.6. The van der Waals surface area contributed by atoms with Crippen molar-refractivity contribution in [3.8, 4) is 0 Å². The predicted molar refractivity (Wildman–Crippen MR) is 133 cm³/mol. The second kappa shape index (κ2) is 8.03. The van der Waals surface area contributed by atoms with E-state index in [1.54, 1.807) is 0 Å². The van der Waals surface area contributed by atoms with Crippen molar-refractivity contribution in [2.24, 2.45) is 34.0 Å². The summed E-state index contributed by atoms with van der Waals surface area (Å²) in [5, 5.41) is 0. The molecule has 1 aliphatic heterocycles. The van der Waals surface area contributed by atoms with E-state index in [9.17, 15) is 0 Å². The van der Waals surface area contributed by atoms with Gasteiger partial charge in [0.05, 0.1) is 11.7 Å². The molecular weight excluding hydrogens is 376 g/mol. The minimum Gasteiger partial charge on any atom is -0.367 e. The van der Waals surface area contributed by atoms with Crippen LogP contribution in [0.5, 0.6) is 0 Å². The molecule has 3 aliphatic carbocycles. The van der Waals surface area contributed by atoms with Gasteiger partial charge >= 0.3 is 0 Å². The summed E-state index contributed by atoms with van der Waals surface area (Å²) in [4.78, 5) is 0. The third kappa shape index (κ3) is 4.11. The molecule has 176 valence electrons. The van der Waals surface area contributed by atoms with Crippen LogP contribution in [-0.4, -0.2) is 11.7 Å². The highest BCUT2D eigenvalue weighted by Gasteiger charge is 2.59. The number of allylic oxidation sites excluding steroid dienone is 2. The first-order chi connectivity index (χ1) is 14.4. The lowest BCUT2D eigenvalue weighted by Crippen LogP contribution is -2.59. The number of fused-ring (bicyclic) bond motifs is 3. The van der Waals surface area contributed by atoms with Gasteiger partial charge in [0.25, 0.3) is 0 Å². The molecule has 0 unspecified atom stereocenters. The summed E-state index contributed by atoms with van der Waals surface area (Å²) in [6, 6.07) is 0. The lowest BCUT2D eigenvalue weighted by Gasteiger charge is -2.63. The molecule has 1 heterocycles. The molecule has 0 aromatic heterocycles. The highest BCUT2D eigenvalue weighted by Crippen LogP contribution is 2.64. The average Bonchev–Trinajstić information content (AvgIpc) is 2.64. The van der Waals surface area contributed by atoms with Gasteiger partial charge in [0.2, 0.25) is 0 Å². The number of hydrogen-bond donors (Lipinski definition) is 0. The number of hydrogen-bond acceptors (Lipinski definition) is 1. The van der Waals surface area contributed by atoms with Crippen molar-refractivity contribution in [1.29, 1.82) is 0 Å². The molecule has 3 saturated carbocycles. The van der Waals surface area contributed by atoms with Gasteiger partial charge in [-0.15, -0.1) is 0 Å². The van der Waals surface area contributed by atoms with Crippen LogP contribution in [-0.2, 0) is 4.74 Å². The van der Waals surface area contributed by atoms with Gasteiger partial charge in [-0.25, -0.2) is 0 Å². The molecule has 0 saturated heterocycles. The van der Waals surface area contributed by atoms with Gasteiger partial charge < -0.3 is 4.74 Å². The fourth-order valence-corrected chi connectivity index (χ4v) is 9.02. The Kier molecular flexibility index (Phi) is 6.11. The Morgan fingerprint density at radius 3 is 2.32 bits per heavy atom. The maximum Gasteiger partial charge on any atom is 0.0795 e. The first-order valence-electron chi connectivity index (χ1n) is 13.4. The number of rotatable bonds is 2. The van der Waals surface area contributed by atoms with Crippen LogP contribution in [0.4, 0.5) is 0 Å². The van der Waals surface area contributed by atoms with E-state index in [0.717, 1.165) is 12.3 Å². The molecule has 0 radical (unpaired) electrons. The van der Waals surface area contributed by atoms with Gasteiger partial charge in [0.1, 0.15) is 0 Å². The van der Waals surface area contributed by atoms with Crippen molar-refractivity contribution in [2.45, 2.75) is 131 Å². The van der Waals surface area contributed by atoms with E-state index in [1.807, 2.05) is 0 Å². The van der Waals surface area contributed by atoms with Crippen LogP contribution in [0.25, 0.3) is 0 Å². The molecule has 0 N–H and O–H groups in total. The minimum absolute atomic E-state index is 0.0129. The average molecular weight is 427 g/mol. The summed E-state index contributed by atoms with van der Waals surface area (Å²) >= 11 is 0. The lowest BCUT2D eigenvalue weighted by atomic mass is 9.45. The van der Waals surface area contributed by atoms with Crippen LogP contribution in [0.2, 0.25) is 0 Å². The zero-order valence-electron chi connectivity index (χ0n) is 21.8. The quantitative estimate of drug-likeness (QED) is 0.400. The molecule has 0 spiro atoms. The lowest BCUT2D eigenvalue weighted by molar-refractivity contribution is -0.209. The molecule has 6 atom stereocenters. The van der Waals surface area contributed by atoms with Crippen molar-refractivity contribution in [3.63, 3.8) is 0 Å². The van der Waals surface area contributed by atoms with E-state index in [2.05, 4.69) is 61.1 Å². The third-order valence-corrected chi connectivity index (χ3v) is 10.8. The van der Waals surface area contributed by atoms with Crippen LogP contribution < -0.4 is 0 Å². The molecule has 1 heteroatoms. The monoisotopic (exact) mass is 426 g/mol. The standard InChI is InChI=1S/C30H50O/c1-21-13-10-16-27(3,4)23(21)20-24-22(2)12-9-14-26-29(7)18-11-17-28(5,6)25(29)15-19-30(26,8)31-24/h12,23-26H,1,9-11,13-20H2,2-8H3/b22-12-/t23-,24+,25+,26-,29+,30-/m1/s1. The Morgan fingerprint density at radius 1 is 0.903 bits per heavy atom. The molecule has 0 bridgehead atoms. The summed E-state index contributed by atoms with van der Waals surface area (Å²) in [5.41, 5.74) is 4.21. The molecular formula is C30H50O. The fraction of sp³-hybridized carbons (Fsp3) is 0.867. The second-order valence-electron chi connectivity index (χ2n) is 13.7. The maximum absolute atomic E-state index is 7.31. The largest absolute Gasteiger partial charge is 0.367 e. The molecule has 0 aromatic carbocycles. The SMILES string of the molecule is C=C1CCCC(C)(C)[C@@H]1C[C@@H]1O[C@]2(C)CC[C@H]3C(C)(C)CCC[C@]3(C)[C@H]2CC/C=C\1C. The normalized spacial score (nSPS) is 46.7. The van der Waals surface area contributed by atoms with Crippen LogP contribution >= 0.6 is 0 Å². The highest BCUT2D eigenvalue weighted by atomic mass is 16.5. The molecule has 3 fully saturated rings. The molecule has 4 aliphatic rings. The van der Waals surface area contributed by atoms with E-state index in [-0.39, 0.29) is 11.7 Å². The van der Waals surface area contributed by atoms with Crippen LogP contribution in [0.1, 0.15) is 119 Å². The van der Waals surface area contributed by atoms with Gasteiger partial charge in [-0.1, -0.05) is 59.3 Å². The Hall–Kier alpha value is -0.560. The zero-order valence-corrected chi connectivity index (χ0v) is 21.8. The topological polar surface area (TPSA) is 9.23 Å². The van der Waals surface area contributed by atoms with E-state index in [1.165, 1.54) is 75.4 Å². The van der Waals surface area contributed by atoms with Crippen molar-refractivity contribution < 1.29 is 4.74 Å². The van der Waals surface area contributed by atoms with Crippen LogP contribution in [0, 0.1) is 34.0 Å². The summed E-state index contributed by atoms with van der Waals surface area (Å²) < 4.78 is 7.31. The van der Waals surface area contributed by atoms with Crippen molar-refractivity contribution >= 4 is 0 Å². The van der Waals surface area contributed by atoms with Gasteiger partial charge in [-0.05, 0) is 118 Å². The fourth-order valence-electron chi connectivity index (χ4n) is 9.02. The number of ether oxygens (including phenoxy) is 1. The van der Waals surface area contributed by atoms with Crippen molar-refractivity contribution in [3.05, 3.63) is 23.8 Å². The zero-order chi connectivity index (χ0) is 22.7. The van der Waals surface area contributed by atoms with Gasteiger partial charge in [-0.3, -0.25) is 0 Å². The van der Waals surface area contributed by atoms with E-state index < -0.39 is 0 Å². The highest BCUT2D eigenvalue weighted by molar-refractivity contribution is 5.17. The summed E-state index contributed by atoms with van der Waals surface area (Å²) in [6.07, 6.45) is 17.0. The predicted octanol–water partition coefficient (Wildman–Crippen LogP) is 8.89. The molecule has 0 aromatic rings. The minimum atomic E-state index is 0.0129. The summed E-state index contributed by atoms with van der Waals surface area (Å²) in [6.45, 7) is 22.0.